The summed E-state index contributed by atoms with van der Waals surface area (Å²) in [6.45, 7) is 6.34. The third-order valence-corrected chi connectivity index (χ3v) is 11.1. The van der Waals surface area contributed by atoms with E-state index in [2.05, 4.69) is 25.2 Å². The smallest absolute Gasteiger partial charge is 0.270 e. The van der Waals surface area contributed by atoms with Crippen molar-refractivity contribution in [3.63, 3.8) is 0 Å². The SMILES string of the molecule is CC1=CC(C2CC2)=CC=C(C(=O)CCCC2CC(CC(C)(C)S(=O)(=O)c3cccc(C(C)(F)F)c3)C2)CC1. The number of benzene rings is 1. The van der Waals surface area contributed by atoms with E-state index in [-0.39, 0.29) is 16.2 Å². The Bertz CT molecular complexity index is 1240. The number of rotatable bonds is 11. The van der Waals surface area contributed by atoms with E-state index in [4.69, 9.17) is 0 Å². The Morgan fingerprint density at radius 3 is 2.39 bits per heavy atom. The van der Waals surface area contributed by atoms with E-state index in [9.17, 15) is 22.0 Å². The van der Waals surface area contributed by atoms with Crippen molar-refractivity contribution in [2.24, 2.45) is 17.8 Å². The standard InChI is InChI=1S/C32H42F2O3S/c1-22-11-12-26(15-16-27(17-22)25-13-14-25)30(35)10-5-7-23-18-24(19-23)21-31(2,3)38(36,37)29-9-6-8-28(20-29)32(4,33)34/h6,8-9,15-17,20,23-25H,5,7,10-14,18-19,21H2,1-4H3. The Morgan fingerprint density at radius 1 is 1.03 bits per heavy atom. The number of ketones is 1. The second kappa shape index (κ2) is 11.2. The molecule has 4 rings (SSSR count). The minimum absolute atomic E-state index is 0.0378. The van der Waals surface area contributed by atoms with Gasteiger partial charge in [0, 0.05) is 18.9 Å². The van der Waals surface area contributed by atoms with Gasteiger partial charge in [0.25, 0.3) is 5.92 Å². The van der Waals surface area contributed by atoms with Crippen molar-refractivity contribution < 1.29 is 22.0 Å². The summed E-state index contributed by atoms with van der Waals surface area (Å²) in [6, 6.07) is 5.19. The Balaban J connectivity index is 1.25. The maximum atomic E-state index is 13.8. The molecular formula is C32H42F2O3S. The monoisotopic (exact) mass is 544 g/mol. The molecule has 0 unspecified atom stereocenters. The van der Waals surface area contributed by atoms with Crippen molar-refractivity contribution in [1.82, 2.24) is 0 Å². The lowest BCUT2D eigenvalue weighted by molar-refractivity contribution is -0.115. The van der Waals surface area contributed by atoms with Crippen molar-refractivity contribution in [3.05, 3.63) is 64.8 Å². The molecule has 2 fully saturated rings. The second-order valence-electron chi connectivity index (χ2n) is 12.5. The summed E-state index contributed by atoms with van der Waals surface area (Å²) in [6.07, 6.45) is 15.6. The van der Waals surface area contributed by atoms with Crippen molar-refractivity contribution >= 4 is 15.6 Å². The van der Waals surface area contributed by atoms with Crippen molar-refractivity contribution in [1.29, 1.82) is 0 Å². The second-order valence-corrected chi connectivity index (χ2v) is 15.1. The van der Waals surface area contributed by atoms with Gasteiger partial charge in [0.05, 0.1) is 9.64 Å². The zero-order chi connectivity index (χ0) is 27.7. The van der Waals surface area contributed by atoms with E-state index in [0.29, 0.717) is 30.6 Å². The highest BCUT2D eigenvalue weighted by atomic mass is 32.2. The third-order valence-electron chi connectivity index (χ3n) is 8.59. The zero-order valence-corrected chi connectivity index (χ0v) is 24.0. The molecule has 0 aliphatic heterocycles. The quantitative estimate of drug-likeness (QED) is 0.281. The predicted octanol–water partition coefficient (Wildman–Crippen LogP) is 8.51. The molecule has 0 heterocycles. The Hall–Kier alpha value is -2.08. The first kappa shape index (κ1) is 28.9. The summed E-state index contributed by atoms with van der Waals surface area (Å²) in [5.41, 5.74) is 3.38. The van der Waals surface area contributed by atoms with Crippen LogP contribution in [0.1, 0.15) is 97.5 Å². The molecular weight excluding hydrogens is 502 g/mol. The number of carbonyl (C=O) groups is 1. The number of hydrogen-bond acceptors (Lipinski definition) is 3. The van der Waals surface area contributed by atoms with Crippen molar-refractivity contribution in [2.75, 3.05) is 0 Å². The first-order chi connectivity index (χ1) is 17.8. The number of carbonyl (C=O) groups excluding carboxylic acids is 1. The highest BCUT2D eigenvalue weighted by molar-refractivity contribution is 7.92. The molecule has 208 valence electrons. The van der Waals surface area contributed by atoms with Gasteiger partial charge in [-0.3, -0.25) is 4.79 Å². The molecule has 1 aromatic carbocycles. The van der Waals surface area contributed by atoms with Crippen LogP contribution in [0.25, 0.3) is 0 Å². The first-order valence-electron chi connectivity index (χ1n) is 14.1. The fourth-order valence-electron chi connectivity index (χ4n) is 5.97. The summed E-state index contributed by atoms with van der Waals surface area (Å²) in [7, 11) is -3.76. The van der Waals surface area contributed by atoms with Crippen LogP contribution in [0.15, 0.2) is 64.1 Å². The highest BCUT2D eigenvalue weighted by Crippen LogP contribution is 2.45. The van der Waals surface area contributed by atoms with Gasteiger partial charge in [-0.05, 0) is 120 Å². The third kappa shape index (κ3) is 6.91. The van der Waals surface area contributed by atoms with Crippen LogP contribution in [0.2, 0.25) is 0 Å². The Labute approximate surface area is 227 Å². The maximum absolute atomic E-state index is 13.8. The average molecular weight is 545 g/mol. The van der Waals surface area contributed by atoms with E-state index in [1.165, 1.54) is 42.2 Å². The minimum atomic E-state index is -3.76. The molecule has 2 saturated carbocycles. The molecule has 0 N–H and O–H groups in total. The van der Waals surface area contributed by atoms with Gasteiger partial charge >= 0.3 is 0 Å². The number of allylic oxidation sites excluding steroid dienone is 6. The first-order valence-corrected chi connectivity index (χ1v) is 15.6. The lowest BCUT2D eigenvalue weighted by Crippen LogP contribution is -2.38. The van der Waals surface area contributed by atoms with Gasteiger partial charge in [-0.1, -0.05) is 35.9 Å². The lowest BCUT2D eigenvalue weighted by Gasteiger charge is -2.40. The number of Topliss-reactive ketones (excluding diaryl/α,β-unsaturated/α-hetero) is 1. The predicted molar refractivity (Wildman–Crippen MR) is 149 cm³/mol. The number of sulfone groups is 1. The Morgan fingerprint density at radius 2 is 1.74 bits per heavy atom. The van der Waals surface area contributed by atoms with E-state index in [1.807, 2.05) is 0 Å². The number of halogens is 2. The molecule has 0 aromatic heterocycles. The zero-order valence-electron chi connectivity index (χ0n) is 23.2. The van der Waals surface area contributed by atoms with E-state index in [0.717, 1.165) is 57.1 Å². The van der Waals surface area contributed by atoms with Gasteiger partial charge in [-0.2, -0.15) is 0 Å². The molecule has 3 aliphatic rings. The van der Waals surface area contributed by atoms with E-state index in [1.54, 1.807) is 13.8 Å². The Kier molecular flexibility index (Phi) is 8.52. The molecule has 38 heavy (non-hydrogen) atoms. The number of alkyl halides is 2. The van der Waals surface area contributed by atoms with E-state index < -0.39 is 20.5 Å². The van der Waals surface area contributed by atoms with Crippen LogP contribution in [0.3, 0.4) is 0 Å². The van der Waals surface area contributed by atoms with Gasteiger partial charge in [0.15, 0.2) is 15.6 Å². The molecule has 0 spiro atoms. The van der Waals surface area contributed by atoms with Gasteiger partial charge in [-0.15, -0.1) is 0 Å². The van der Waals surface area contributed by atoms with E-state index >= 15 is 0 Å². The van der Waals surface area contributed by atoms with Crippen LogP contribution in [0.5, 0.6) is 0 Å². The van der Waals surface area contributed by atoms with Crippen LogP contribution in [-0.2, 0) is 20.6 Å². The van der Waals surface area contributed by atoms with Crippen LogP contribution in [-0.4, -0.2) is 18.9 Å². The summed E-state index contributed by atoms with van der Waals surface area (Å²) in [5, 5.41) is 0. The summed E-state index contributed by atoms with van der Waals surface area (Å²) < 4.78 is 53.1. The van der Waals surface area contributed by atoms with Gasteiger partial charge < -0.3 is 0 Å². The minimum Gasteiger partial charge on any atom is -0.295 e. The molecule has 0 atom stereocenters. The molecule has 0 radical (unpaired) electrons. The molecule has 1 aromatic rings. The maximum Gasteiger partial charge on any atom is 0.270 e. The van der Waals surface area contributed by atoms with Crippen LogP contribution in [0.4, 0.5) is 8.78 Å². The fraction of sp³-hybridized carbons (Fsp3) is 0.594. The van der Waals surface area contributed by atoms with Crippen molar-refractivity contribution in [2.45, 2.75) is 107 Å². The summed E-state index contributed by atoms with van der Waals surface area (Å²) >= 11 is 0. The van der Waals surface area contributed by atoms with Gasteiger partial charge in [-0.25, -0.2) is 17.2 Å². The molecule has 6 heteroatoms. The topological polar surface area (TPSA) is 51.2 Å². The molecule has 0 saturated heterocycles. The fourth-order valence-corrected chi connectivity index (χ4v) is 7.60. The molecule has 3 nitrogen and oxygen atoms in total. The van der Waals surface area contributed by atoms with Crippen molar-refractivity contribution in [3.8, 4) is 0 Å². The molecule has 3 aliphatic carbocycles. The summed E-state index contributed by atoms with van der Waals surface area (Å²) in [4.78, 5) is 12.9. The summed E-state index contributed by atoms with van der Waals surface area (Å²) in [5.74, 6) is -1.34. The lowest BCUT2D eigenvalue weighted by atomic mass is 9.69. The van der Waals surface area contributed by atoms with Gasteiger partial charge in [0.2, 0.25) is 0 Å². The largest absolute Gasteiger partial charge is 0.295 e. The number of hydrogen-bond donors (Lipinski definition) is 0. The average Bonchev–Trinajstić information content (AvgIpc) is 3.64. The van der Waals surface area contributed by atoms with Gasteiger partial charge in [0.1, 0.15) is 0 Å². The normalized spacial score (nSPS) is 22.9. The van der Waals surface area contributed by atoms with Crippen LogP contribution >= 0.6 is 0 Å². The van der Waals surface area contributed by atoms with Crippen LogP contribution in [0, 0.1) is 17.8 Å². The van der Waals surface area contributed by atoms with Crippen LogP contribution < -0.4 is 0 Å². The molecule has 0 bridgehead atoms. The molecule has 0 amide bonds. The highest BCUT2D eigenvalue weighted by Gasteiger charge is 2.42.